The molecule has 5 heterocycles. The number of ether oxygens (including phenoxy) is 4. The van der Waals surface area contributed by atoms with E-state index in [2.05, 4.69) is 5.32 Å². The van der Waals surface area contributed by atoms with Gasteiger partial charge in [0.25, 0.3) is 0 Å². The number of rotatable bonds is 10. The van der Waals surface area contributed by atoms with Gasteiger partial charge >= 0.3 is 118 Å². The number of nitrogens with zero attached hydrogens (tertiary/aromatic N) is 4. The Morgan fingerprint density at radius 3 is 1.21 bits per heavy atom. The summed E-state index contributed by atoms with van der Waals surface area (Å²) >= 11 is 0. The fraction of sp³-hybridized carbons (Fsp3) is 0.566. The fourth-order valence-corrected chi connectivity index (χ4v) is 10.8. The van der Waals surface area contributed by atoms with Crippen LogP contribution in [0.2, 0.25) is 0 Å². The molecular weight excluding hydrogens is 1440 g/mol. The van der Waals surface area contributed by atoms with E-state index in [0.717, 1.165) is 54.5 Å². The molecule has 585 valence electrons. The Bertz CT molecular complexity index is 3060. The molecule has 0 bridgehead atoms. The standard InChI is InChI=1S/C17H22FNO3.C17H23NO3.C15H20FNO3.C15H18FNO3.C7H14FNO.C2H6O.2CO2.CH4.B.K.Na.H2O.H/c1-2-17(18)10-12-19(11-6-9-15(17)20)16(21)22-13-14-7-4-3-5-8-14;1-2-15-10-12-18(11-6-9-16(15)19)17(20)21-13-14-7-4-3-5-8-14;2*16-13-8-10-17(9-4-7-14(13)18)15(19)20-11-12-5-2-1-3-6-12;8-6-3-5-9-4-1-2-7(6)10;1-2-3;2*2-1-3;;;;;;/h3-5,7-8H,2,6,9-13H2,1H3;3-5,7-8,15H,2,6,9-13H2,1H3;1-3,5-6,13-14,18H,4,7-11H2;1-3,5-6,13H,4,7-11H2;6-7,9-10H,1-5H2;3H,2H2,1H3;;;1H4;;;;1H2;/q;;;;;;;;;;2*+1;;-1/p-1. The summed E-state index contributed by atoms with van der Waals surface area (Å²) in [6, 6.07) is 37.9. The molecule has 9 rings (SSSR count). The van der Waals surface area contributed by atoms with Crippen LogP contribution in [0.3, 0.4) is 0 Å². The minimum Gasteiger partial charge on any atom is -1.00 e. The first-order valence-corrected chi connectivity index (χ1v) is 34.8. The molecule has 3 radical (unpaired) electrons. The zero-order valence-electron chi connectivity index (χ0n) is 62.9. The summed E-state index contributed by atoms with van der Waals surface area (Å²) < 4.78 is 75.1. The largest absolute Gasteiger partial charge is 1.00 e. The van der Waals surface area contributed by atoms with Crippen LogP contribution in [-0.4, -0.2) is 211 Å². The van der Waals surface area contributed by atoms with E-state index in [1.54, 1.807) is 18.7 Å². The van der Waals surface area contributed by atoms with Crippen LogP contribution in [0.4, 0.5) is 36.7 Å². The number of aliphatic hydroxyl groups excluding tert-OH is 3. The van der Waals surface area contributed by atoms with E-state index in [4.69, 9.17) is 48.3 Å². The molecule has 5 aliphatic heterocycles. The van der Waals surface area contributed by atoms with E-state index < -0.39 is 54.7 Å². The number of carbonyl (C=O) groups is 7. The smallest absolute Gasteiger partial charge is 1.00 e. The summed E-state index contributed by atoms with van der Waals surface area (Å²) in [7, 11) is 0. The van der Waals surface area contributed by atoms with E-state index in [1.807, 2.05) is 128 Å². The molecule has 5 N–H and O–H groups in total. The van der Waals surface area contributed by atoms with Crippen molar-refractivity contribution in [1.29, 1.82) is 0 Å². The van der Waals surface area contributed by atoms with Gasteiger partial charge in [-0.15, -0.1) is 0 Å². The van der Waals surface area contributed by atoms with Gasteiger partial charge in [-0.3, -0.25) is 14.4 Å². The van der Waals surface area contributed by atoms with Crippen LogP contribution in [0.25, 0.3) is 0 Å². The first kappa shape index (κ1) is 107. The van der Waals surface area contributed by atoms with Gasteiger partial charge in [-0.05, 0) is 119 Å². The van der Waals surface area contributed by atoms with E-state index in [1.165, 1.54) is 14.7 Å². The van der Waals surface area contributed by atoms with Crippen LogP contribution in [-0.2, 0) is 78.9 Å². The predicted molar refractivity (Wildman–Crippen MR) is 383 cm³/mol. The molecule has 107 heavy (non-hydrogen) atoms. The molecule has 0 aliphatic carbocycles. The number of benzene rings is 4. The first-order chi connectivity index (χ1) is 49.1. The maximum atomic E-state index is 14.5. The third-order valence-corrected chi connectivity index (χ3v) is 16.8. The van der Waals surface area contributed by atoms with Crippen molar-refractivity contribution in [3.05, 3.63) is 144 Å². The van der Waals surface area contributed by atoms with Crippen molar-refractivity contribution >= 4 is 62.4 Å². The summed E-state index contributed by atoms with van der Waals surface area (Å²) in [5.74, 6) is -0.265. The monoisotopic (exact) mass is 1540 g/mol. The topological polar surface area (TPSA) is 340 Å². The molecule has 5 fully saturated rings. The molecule has 0 spiro atoms. The van der Waals surface area contributed by atoms with Gasteiger partial charge in [-0.1, -0.05) is 143 Å². The molecule has 31 heteroatoms. The van der Waals surface area contributed by atoms with Crippen molar-refractivity contribution < 1.29 is 192 Å². The third kappa shape index (κ3) is 46.9. The van der Waals surface area contributed by atoms with Gasteiger partial charge in [0, 0.05) is 105 Å². The Hall–Kier alpha value is -6.05. The third-order valence-electron chi connectivity index (χ3n) is 16.8. The van der Waals surface area contributed by atoms with Crippen LogP contribution < -0.4 is 86.3 Å². The van der Waals surface area contributed by atoms with Crippen molar-refractivity contribution in [1.82, 2.24) is 24.9 Å². The van der Waals surface area contributed by atoms with Gasteiger partial charge in [0.2, 0.25) is 0 Å². The normalized spacial score (nSPS) is 20.5. The van der Waals surface area contributed by atoms with Crippen molar-refractivity contribution in [2.24, 2.45) is 5.92 Å². The zero-order valence-corrected chi connectivity index (χ0v) is 67.1. The number of ketones is 3. The van der Waals surface area contributed by atoms with Crippen molar-refractivity contribution in [3.8, 4) is 0 Å². The molecule has 4 amide bonds. The zero-order chi connectivity index (χ0) is 75.3. The van der Waals surface area contributed by atoms with Crippen LogP contribution in [0.5, 0.6) is 0 Å². The number of aliphatic hydroxyl groups is 3. The summed E-state index contributed by atoms with van der Waals surface area (Å²) in [4.78, 5) is 122. The average molecular weight is 1550 g/mol. The van der Waals surface area contributed by atoms with Crippen LogP contribution in [0.15, 0.2) is 121 Å². The second kappa shape index (κ2) is 65.8. The van der Waals surface area contributed by atoms with Gasteiger partial charge in [0.05, 0.1) is 12.2 Å². The number of amides is 4. The summed E-state index contributed by atoms with van der Waals surface area (Å²) in [6.07, 6.45) is 1.05. The maximum absolute atomic E-state index is 14.5. The number of Topliss-reactive ketones (excluding diaryl/α,β-unsaturated/α-hetero) is 3. The van der Waals surface area contributed by atoms with Crippen molar-refractivity contribution in [2.45, 2.75) is 200 Å². The van der Waals surface area contributed by atoms with Gasteiger partial charge in [0.1, 0.15) is 44.6 Å². The number of carbonyl (C=O) groups excluding carboxylic acids is 11. The average Bonchev–Trinajstić information content (AvgIpc) is 0.843. The van der Waals surface area contributed by atoms with Crippen LogP contribution >= 0.6 is 0 Å². The maximum Gasteiger partial charge on any atom is 1.00 e. The Labute approximate surface area is 695 Å². The minimum absolute atomic E-state index is 0. The van der Waals surface area contributed by atoms with Crippen LogP contribution in [0.1, 0.15) is 161 Å². The Morgan fingerprint density at radius 1 is 0.505 bits per heavy atom. The van der Waals surface area contributed by atoms with E-state index in [9.17, 15) is 56.2 Å². The Morgan fingerprint density at radius 2 is 0.832 bits per heavy atom. The molecule has 7 unspecified atom stereocenters. The van der Waals surface area contributed by atoms with E-state index in [-0.39, 0.29) is 224 Å². The number of halogens is 4. The summed E-state index contributed by atoms with van der Waals surface area (Å²) in [5.41, 5.74) is 1.92. The summed E-state index contributed by atoms with van der Waals surface area (Å²) in [5, 5.41) is 29.2. The molecule has 7 atom stereocenters. The second-order valence-electron chi connectivity index (χ2n) is 24.3. The predicted octanol–water partition coefficient (Wildman–Crippen LogP) is 5.61. The molecule has 0 saturated carbocycles. The van der Waals surface area contributed by atoms with Gasteiger partial charge in [0.15, 0.2) is 23.4 Å². The number of hydrogen-bond acceptors (Lipinski definition) is 20. The molecule has 4 aromatic carbocycles. The SMILES string of the molecule is C.CCC1(F)CCN(C(=O)OCc2ccccc2)CCCC1=O.CCC1CCN(C(=O)OCc2ccccc2)CCCC1=O.CCO.O=C(OCc1ccccc1)N1CCCC(O)C(F)CC1.O=C1CCCN(C(=O)OCc2ccccc2)CCC1F.O=C=O.O=C=O.OC1CCCNCCC1F.[B].[H-].[K+].[Na+].[OH-]. The van der Waals surface area contributed by atoms with E-state index in [0.29, 0.717) is 96.6 Å². The minimum atomic E-state index is -1.81. The molecule has 0 aromatic heterocycles. The number of alkyl halides is 4. The summed E-state index contributed by atoms with van der Waals surface area (Å²) in [6.45, 7) is 11.4. The number of nitrogens with one attached hydrogen (secondary N) is 1. The van der Waals surface area contributed by atoms with E-state index >= 15 is 0 Å². The Kier molecular flexibility index (Phi) is 66.0. The molecular formula is C76H109BF4KN5NaO19. The quantitative estimate of drug-likeness (QED) is 0.0851. The molecule has 5 saturated heterocycles. The van der Waals surface area contributed by atoms with Crippen molar-refractivity contribution in [2.75, 3.05) is 72.1 Å². The second-order valence-corrected chi connectivity index (χ2v) is 24.3. The Balaban J connectivity index is -0.000000397. The fourth-order valence-electron chi connectivity index (χ4n) is 10.8. The van der Waals surface area contributed by atoms with Gasteiger partial charge in [-0.25, -0.2) is 36.7 Å². The number of hydrogen-bond donors (Lipinski definition) is 4. The van der Waals surface area contributed by atoms with Gasteiger partial charge in [-0.2, -0.15) is 19.2 Å². The number of likely N-dealkylation sites (tertiary alicyclic amines) is 4. The molecule has 24 nitrogen and oxygen atoms in total. The van der Waals surface area contributed by atoms with Gasteiger partial charge < -0.3 is 66.1 Å². The molecule has 5 aliphatic rings. The van der Waals surface area contributed by atoms with Crippen LogP contribution in [0, 0.1) is 5.92 Å². The molecule has 4 aromatic rings. The van der Waals surface area contributed by atoms with Crippen molar-refractivity contribution in [3.63, 3.8) is 0 Å². The first-order valence-electron chi connectivity index (χ1n) is 34.8.